The minimum atomic E-state index is -0.744. The van der Waals surface area contributed by atoms with Gasteiger partial charge in [-0.3, -0.25) is 24.1 Å². The number of nitrogens with one attached hydrogen (secondary N) is 4. The topological polar surface area (TPSA) is 163 Å². The monoisotopic (exact) mass is 698 g/mol. The Kier molecular flexibility index (Phi) is 27.2. The molecule has 12 heteroatoms. The first kappa shape index (κ1) is 50.1. The zero-order chi connectivity index (χ0) is 39.0. The third-order valence-electron chi connectivity index (χ3n) is 6.10. The zero-order valence-electron chi connectivity index (χ0n) is 33.2. The van der Waals surface area contributed by atoms with Crippen molar-refractivity contribution >= 4 is 35.9 Å². The van der Waals surface area contributed by atoms with Crippen LogP contribution < -0.4 is 21.3 Å². The molecule has 0 aromatic carbocycles. The SMILES string of the molecule is C=CCNC(=O)C(=O)C(CCCC)NC(=O)[C@@H]1CCCN1C.CC(C)(C)OC(=O)CNC(=O)NC(C=O)C(C)(C)C.CC(C)C.CC(C)C. The fraction of sp³-hybridized carbons (Fsp3) is 0.784. The van der Waals surface area contributed by atoms with E-state index in [2.05, 4.69) is 69.4 Å². The van der Waals surface area contributed by atoms with Gasteiger partial charge in [-0.15, -0.1) is 6.58 Å². The van der Waals surface area contributed by atoms with Crippen molar-refractivity contribution in [3.8, 4) is 0 Å². The van der Waals surface area contributed by atoms with Crippen molar-refractivity contribution in [3.63, 3.8) is 0 Å². The van der Waals surface area contributed by atoms with Crippen molar-refractivity contribution in [2.75, 3.05) is 26.7 Å². The summed E-state index contributed by atoms with van der Waals surface area (Å²) in [6.45, 7) is 30.1. The largest absolute Gasteiger partial charge is 0.459 e. The Bertz CT molecular complexity index is 989. The Balaban J connectivity index is -0.000000712. The maximum atomic E-state index is 12.3. The molecule has 4 N–H and O–H groups in total. The van der Waals surface area contributed by atoms with Crippen molar-refractivity contribution in [2.24, 2.45) is 17.3 Å². The van der Waals surface area contributed by atoms with E-state index in [0.29, 0.717) is 12.7 Å². The van der Waals surface area contributed by atoms with E-state index in [0.717, 1.165) is 44.1 Å². The van der Waals surface area contributed by atoms with Gasteiger partial charge in [0, 0.05) is 6.54 Å². The molecular formula is C37H71N5O7. The molecule has 4 amide bonds. The van der Waals surface area contributed by atoms with Gasteiger partial charge in [0.1, 0.15) is 18.4 Å². The van der Waals surface area contributed by atoms with Crippen molar-refractivity contribution in [2.45, 2.75) is 146 Å². The van der Waals surface area contributed by atoms with Crippen LogP contribution in [0, 0.1) is 17.3 Å². The molecule has 49 heavy (non-hydrogen) atoms. The van der Waals surface area contributed by atoms with Gasteiger partial charge in [0.2, 0.25) is 11.7 Å². The summed E-state index contributed by atoms with van der Waals surface area (Å²) in [4.78, 5) is 72.1. The molecule has 3 atom stereocenters. The minimum Gasteiger partial charge on any atom is -0.459 e. The van der Waals surface area contributed by atoms with E-state index in [1.807, 2.05) is 39.6 Å². The fourth-order valence-corrected chi connectivity index (χ4v) is 3.77. The molecule has 1 aliphatic heterocycles. The number of likely N-dealkylation sites (N-methyl/N-ethyl adjacent to an activating group) is 1. The number of amides is 4. The van der Waals surface area contributed by atoms with Crippen LogP contribution >= 0.6 is 0 Å². The molecule has 12 nitrogen and oxygen atoms in total. The minimum absolute atomic E-state index is 0.161. The van der Waals surface area contributed by atoms with Crippen LogP contribution in [0.2, 0.25) is 0 Å². The van der Waals surface area contributed by atoms with E-state index in [1.165, 1.54) is 6.08 Å². The lowest BCUT2D eigenvalue weighted by molar-refractivity contribution is -0.153. The number of esters is 1. The first-order valence-corrected chi connectivity index (χ1v) is 17.6. The summed E-state index contributed by atoms with van der Waals surface area (Å²) in [5.41, 5.74) is -0.975. The lowest BCUT2D eigenvalue weighted by atomic mass is 9.88. The Labute approximate surface area is 297 Å². The van der Waals surface area contributed by atoms with Crippen molar-refractivity contribution < 1.29 is 33.5 Å². The molecule has 0 radical (unpaired) electrons. The molecule has 0 aliphatic carbocycles. The number of hydrogen-bond donors (Lipinski definition) is 4. The summed E-state index contributed by atoms with van der Waals surface area (Å²) < 4.78 is 5.04. The molecular weight excluding hydrogens is 626 g/mol. The van der Waals surface area contributed by atoms with Crippen LogP contribution in [0.5, 0.6) is 0 Å². The summed E-state index contributed by atoms with van der Waals surface area (Å²) in [6, 6.07) is -2.14. The number of carbonyl (C=O) groups excluding carboxylic acids is 6. The second-order valence-corrected chi connectivity index (χ2v) is 15.6. The second-order valence-electron chi connectivity index (χ2n) is 15.6. The zero-order valence-corrected chi connectivity index (χ0v) is 33.2. The van der Waals surface area contributed by atoms with Crippen LogP contribution in [0.15, 0.2) is 12.7 Å². The number of urea groups is 1. The number of likely N-dealkylation sites (tertiary alicyclic amines) is 1. The Hall–Kier alpha value is -3.28. The first-order valence-electron chi connectivity index (χ1n) is 17.6. The van der Waals surface area contributed by atoms with Gasteiger partial charge in [0.15, 0.2) is 0 Å². The maximum absolute atomic E-state index is 12.3. The van der Waals surface area contributed by atoms with Crippen LogP contribution in [-0.2, 0) is 28.7 Å². The number of ether oxygens (including phenoxy) is 1. The molecule has 0 aromatic rings. The highest BCUT2D eigenvalue weighted by Crippen LogP contribution is 2.17. The number of ketones is 1. The van der Waals surface area contributed by atoms with Gasteiger partial charge in [-0.05, 0) is 70.9 Å². The van der Waals surface area contributed by atoms with E-state index in [-0.39, 0.29) is 30.5 Å². The van der Waals surface area contributed by atoms with Crippen LogP contribution in [0.4, 0.5) is 4.79 Å². The van der Waals surface area contributed by atoms with Gasteiger partial charge in [0.05, 0.1) is 18.1 Å². The lowest BCUT2D eigenvalue weighted by Gasteiger charge is -2.26. The molecule has 1 rings (SSSR count). The second kappa shape index (κ2) is 26.6. The van der Waals surface area contributed by atoms with Crippen LogP contribution in [0.25, 0.3) is 0 Å². The van der Waals surface area contributed by atoms with Crippen molar-refractivity contribution in [3.05, 3.63) is 12.7 Å². The van der Waals surface area contributed by atoms with Gasteiger partial charge in [0.25, 0.3) is 5.91 Å². The smallest absolute Gasteiger partial charge is 0.325 e. The Morgan fingerprint density at radius 3 is 1.84 bits per heavy atom. The number of Topliss-reactive ketones (excluding diaryl/α,β-unsaturated/α-hetero) is 1. The van der Waals surface area contributed by atoms with Crippen molar-refractivity contribution in [1.82, 2.24) is 26.2 Å². The third kappa shape index (κ3) is 29.4. The fourth-order valence-electron chi connectivity index (χ4n) is 3.77. The van der Waals surface area contributed by atoms with Gasteiger partial charge >= 0.3 is 12.0 Å². The number of rotatable bonds is 13. The summed E-state index contributed by atoms with van der Waals surface area (Å²) >= 11 is 0. The average molecular weight is 698 g/mol. The molecule has 1 saturated heterocycles. The molecule has 0 bridgehead atoms. The standard InChI is InChI=1S/C16H27N3O3.C13H24N2O4.2C4H10/c1-4-6-8-12(14(20)16(22)17-10-5-2)18-15(21)13-9-7-11-19(13)3;1-12(2,3)9(8-16)15-11(18)14-7-10(17)19-13(4,5)6;2*1-4(2)3/h5,12-13H,2,4,6-11H2,1,3H3,(H,17,22)(H,18,21);8-9H,7H2,1-6H3,(H2,14,15,18);2*4H,1-3H3/t12?,13-;;;/m0.../s1. The van der Waals surface area contributed by atoms with Crippen LogP contribution in [-0.4, -0.2) is 91.2 Å². The van der Waals surface area contributed by atoms with E-state index >= 15 is 0 Å². The Morgan fingerprint density at radius 1 is 0.918 bits per heavy atom. The predicted octanol–water partition coefficient (Wildman–Crippen LogP) is 5.19. The normalized spacial score (nSPS) is 15.4. The quantitative estimate of drug-likeness (QED) is 0.0885. The van der Waals surface area contributed by atoms with E-state index < -0.39 is 41.4 Å². The van der Waals surface area contributed by atoms with Crippen molar-refractivity contribution in [1.29, 1.82) is 0 Å². The van der Waals surface area contributed by atoms with Crippen LogP contribution in [0.1, 0.15) is 122 Å². The van der Waals surface area contributed by atoms with Gasteiger partial charge in [-0.2, -0.15) is 0 Å². The Morgan fingerprint density at radius 2 is 1.45 bits per heavy atom. The summed E-state index contributed by atoms with van der Waals surface area (Å²) in [5.74, 6) is -0.266. The molecule has 0 aromatic heterocycles. The number of carbonyl (C=O) groups is 6. The van der Waals surface area contributed by atoms with E-state index in [1.54, 1.807) is 20.8 Å². The maximum Gasteiger partial charge on any atom is 0.325 e. The third-order valence-corrected chi connectivity index (χ3v) is 6.10. The van der Waals surface area contributed by atoms with Gasteiger partial charge in [-0.25, -0.2) is 4.79 Å². The van der Waals surface area contributed by atoms with Gasteiger partial charge < -0.3 is 30.8 Å². The number of unbranched alkanes of at least 4 members (excludes halogenated alkanes) is 1. The highest BCUT2D eigenvalue weighted by Gasteiger charge is 2.32. The molecule has 2 unspecified atom stereocenters. The summed E-state index contributed by atoms with van der Waals surface area (Å²) in [6.07, 6.45) is 6.12. The predicted molar refractivity (Wildman–Crippen MR) is 198 cm³/mol. The number of hydrogen-bond acceptors (Lipinski definition) is 8. The van der Waals surface area contributed by atoms with E-state index in [4.69, 9.17) is 4.74 Å². The van der Waals surface area contributed by atoms with Crippen LogP contribution in [0.3, 0.4) is 0 Å². The highest BCUT2D eigenvalue weighted by atomic mass is 16.6. The number of nitrogens with zero attached hydrogens (tertiary/aromatic N) is 1. The van der Waals surface area contributed by atoms with Gasteiger partial charge in [-0.1, -0.05) is 88.2 Å². The lowest BCUT2D eigenvalue weighted by Crippen LogP contribution is -2.51. The molecule has 1 aliphatic rings. The molecule has 0 saturated carbocycles. The molecule has 0 spiro atoms. The average Bonchev–Trinajstić information content (AvgIpc) is 3.39. The van der Waals surface area contributed by atoms with E-state index in [9.17, 15) is 28.8 Å². The molecule has 1 fully saturated rings. The summed E-state index contributed by atoms with van der Waals surface area (Å²) in [7, 11) is 1.90. The molecule has 286 valence electrons. The summed E-state index contributed by atoms with van der Waals surface area (Å²) in [5, 5.41) is 10.1. The highest BCUT2D eigenvalue weighted by molar-refractivity contribution is 6.38. The first-order chi connectivity index (χ1) is 22.4. The number of aldehydes is 1. The molecule has 1 heterocycles.